The van der Waals surface area contributed by atoms with Crippen LogP contribution in [0.4, 0.5) is 3.89 Å². The summed E-state index contributed by atoms with van der Waals surface area (Å²) in [6, 6.07) is 0. The molecule has 0 aromatic carbocycles. The van der Waals surface area contributed by atoms with Crippen LogP contribution in [0.5, 0.6) is 0 Å². The number of hydrogen-bond acceptors (Lipinski definition) is 2. The van der Waals surface area contributed by atoms with Gasteiger partial charge in [0.1, 0.15) is 0 Å². The van der Waals surface area contributed by atoms with Crippen LogP contribution in [0.15, 0.2) is 0 Å². The Kier molecular flexibility index (Phi) is 3.09. The average Bonchev–Trinajstić information content (AvgIpc) is 2.32. The molecule has 1 unspecified atom stereocenters. The fourth-order valence-electron chi connectivity index (χ4n) is 1.98. The van der Waals surface area contributed by atoms with Crippen LogP contribution >= 0.6 is 0 Å². The Morgan fingerprint density at radius 1 is 1.42 bits per heavy atom. The monoisotopic (exact) mass is 194 g/mol. The van der Waals surface area contributed by atoms with Gasteiger partial charge in [0.2, 0.25) is 0 Å². The summed E-state index contributed by atoms with van der Waals surface area (Å²) in [6.45, 7) is 1.83. The third-order valence-electron chi connectivity index (χ3n) is 2.67. The van der Waals surface area contributed by atoms with Crippen molar-refractivity contribution < 1.29 is 12.3 Å². The van der Waals surface area contributed by atoms with Gasteiger partial charge in [-0.1, -0.05) is 32.6 Å². The van der Waals surface area contributed by atoms with Crippen LogP contribution in [0.1, 0.15) is 32.6 Å². The molecular weight excluding hydrogens is 179 g/mol. The van der Waals surface area contributed by atoms with Gasteiger partial charge < -0.3 is 0 Å². The molecule has 12 heavy (non-hydrogen) atoms. The number of halogens is 1. The minimum absolute atomic E-state index is 0.0116. The predicted octanol–water partition coefficient (Wildman–Crippen LogP) is 2.11. The van der Waals surface area contributed by atoms with E-state index in [0.717, 1.165) is 12.8 Å². The van der Waals surface area contributed by atoms with Crippen molar-refractivity contribution in [3.05, 3.63) is 0 Å². The molecule has 0 heterocycles. The zero-order chi connectivity index (χ0) is 9.19. The molecule has 0 bridgehead atoms. The maximum atomic E-state index is 12.3. The fraction of sp³-hybridized carbons (Fsp3) is 1.00. The van der Waals surface area contributed by atoms with E-state index in [1.807, 2.05) is 6.92 Å². The quantitative estimate of drug-likeness (QED) is 0.645. The second kappa shape index (κ2) is 3.73. The molecule has 2 nitrogen and oxygen atoms in total. The second-order valence-corrected chi connectivity index (χ2v) is 5.14. The topological polar surface area (TPSA) is 34.1 Å². The van der Waals surface area contributed by atoms with Gasteiger partial charge in [0.25, 0.3) is 0 Å². The van der Waals surface area contributed by atoms with Gasteiger partial charge in [0, 0.05) is 0 Å². The highest BCUT2D eigenvalue weighted by molar-refractivity contribution is 7.86. The van der Waals surface area contributed by atoms with E-state index in [9.17, 15) is 12.3 Å². The molecule has 1 aliphatic rings. The molecule has 0 radical (unpaired) electrons. The van der Waals surface area contributed by atoms with E-state index in [1.165, 1.54) is 12.8 Å². The minimum atomic E-state index is -4.26. The van der Waals surface area contributed by atoms with Gasteiger partial charge in [0.05, 0.1) is 5.75 Å². The van der Waals surface area contributed by atoms with Crippen molar-refractivity contribution in [1.29, 1.82) is 0 Å². The summed E-state index contributed by atoms with van der Waals surface area (Å²) in [5, 5.41) is 0. The van der Waals surface area contributed by atoms with Gasteiger partial charge in [-0.05, 0) is 11.8 Å². The first-order valence-electron chi connectivity index (χ1n) is 4.41. The minimum Gasteiger partial charge on any atom is -0.195 e. The molecule has 0 aromatic rings. The maximum Gasteiger partial charge on any atom is 0.302 e. The number of hydrogen-bond donors (Lipinski definition) is 0. The van der Waals surface area contributed by atoms with Crippen LogP contribution in [0.3, 0.4) is 0 Å². The molecule has 0 N–H and O–H groups in total. The van der Waals surface area contributed by atoms with Crippen molar-refractivity contribution in [2.24, 2.45) is 11.8 Å². The molecule has 1 saturated carbocycles. The standard InChI is InChI=1S/C8H15FO2S/c1-7(6-12(9,10)11)8-4-2-3-5-8/h7-8H,2-6H2,1H3. The van der Waals surface area contributed by atoms with Crippen LogP contribution in [-0.2, 0) is 10.2 Å². The van der Waals surface area contributed by atoms with E-state index in [1.54, 1.807) is 0 Å². The van der Waals surface area contributed by atoms with Crippen LogP contribution in [-0.4, -0.2) is 14.2 Å². The third kappa shape index (κ3) is 3.09. The predicted molar refractivity (Wildman–Crippen MR) is 46.0 cm³/mol. The van der Waals surface area contributed by atoms with Crippen molar-refractivity contribution in [3.8, 4) is 0 Å². The summed E-state index contributed by atoms with van der Waals surface area (Å²) in [5.74, 6) is 0.121. The average molecular weight is 194 g/mol. The molecule has 0 spiro atoms. The zero-order valence-electron chi connectivity index (χ0n) is 7.29. The van der Waals surface area contributed by atoms with E-state index in [4.69, 9.17) is 0 Å². The summed E-state index contributed by atoms with van der Waals surface area (Å²) in [6.07, 6.45) is 4.47. The fourth-order valence-corrected chi connectivity index (χ4v) is 2.88. The molecule has 0 aromatic heterocycles. The summed E-state index contributed by atoms with van der Waals surface area (Å²) in [7, 11) is -4.26. The Bertz CT molecular complexity index is 229. The van der Waals surface area contributed by atoms with Gasteiger partial charge in [0.15, 0.2) is 0 Å². The molecule has 4 heteroatoms. The lowest BCUT2D eigenvalue weighted by molar-refractivity contribution is 0.391. The lowest BCUT2D eigenvalue weighted by Gasteiger charge is -2.15. The van der Waals surface area contributed by atoms with Crippen LogP contribution in [0.2, 0.25) is 0 Å². The summed E-state index contributed by atoms with van der Waals surface area (Å²) in [4.78, 5) is 0. The van der Waals surface area contributed by atoms with Gasteiger partial charge in [-0.25, -0.2) is 0 Å². The third-order valence-corrected chi connectivity index (χ3v) is 3.59. The van der Waals surface area contributed by atoms with Crippen molar-refractivity contribution in [2.45, 2.75) is 32.6 Å². The van der Waals surface area contributed by atoms with Crippen LogP contribution in [0, 0.1) is 11.8 Å². The van der Waals surface area contributed by atoms with Gasteiger partial charge in [-0.3, -0.25) is 0 Å². The molecule has 1 fully saturated rings. The smallest absolute Gasteiger partial charge is 0.195 e. The molecule has 1 rings (SSSR count). The van der Waals surface area contributed by atoms with E-state index in [-0.39, 0.29) is 11.7 Å². The molecule has 0 amide bonds. The number of rotatable bonds is 3. The van der Waals surface area contributed by atoms with Gasteiger partial charge in [-0.2, -0.15) is 8.42 Å². The Hall–Kier alpha value is -0.120. The van der Waals surface area contributed by atoms with Crippen molar-refractivity contribution in [3.63, 3.8) is 0 Å². The molecular formula is C8H15FO2S. The highest BCUT2D eigenvalue weighted by Gasteiger charge is 2.25. The van der Waals surface area contributed by atoms with Crippen molar-refractivity contribution in [1.82, 2.24) is 0 Å². The molecule has 0 aliphatic heterocycles. The van der Waals surface area contributed by atoms with E-state index >= 15 is 0 Å². The molecule has 1 aliphatic carbocycles. The van der Waals surface area contributed by atoms with Gasteiger partial charge >= 0.3 is 10.2 Å². The van der Waals surface area contributed by atoms with Crippen molar-refractivity contribution in [2.75, 3.05) is 5.75 Å². The second-order valence-electron chi connectivity index (χ2n) is 3.73. The summed E-state index contributed by atoms with van der Waals surface area (Å²) < 4.78 is 32.9. The molecule has 1 atom stereocenters. The lowest BCUT2D eigenvalue weighted by atomic mass is 9.94. The Morgan fingerprint density at radius 2 is 1.92 bits per heavy atom. The first-order chi connectivity index (χ1) is 5.49. The Labute approximate surface area is 73.4 Å². The zero-order valence-corrected chi connectivity index (χ0v) is 8.11. The maximum absolute atomic E-state index is 12.3. The SMILES string of the molecule is CC(CS(=O)(=O)F)C1CCCC1. The summed E-state index contributed by atoms with van der Waals surface area (Å²) in [5.41, 5.74) is 0. The van der Waals surface area contributed by atoms with Gasteiger partial charge in [-0.15, -0.1) is 3.89 Å². The first kappa shape index (κ1) is 9.96. The first-order valence-corrected chi connectivity index (χ1v) is 5.96. The van der Waals surface area contributed by atoms with Crippen LogP contribution < -0.4 is 0 Å². The van der Waals surface area contributed by atoms with E-state index in [0.29, 0.717) is 5.92 Å². The van der Waals surface area contributed by atoms with Crippen LogP contribution in [0.25, 0.3) is 0 Å². The van der Waals surface area contributed by atoms with E-state index < -0.39 is 10.2 Å². The lowest BCUT2D eigenvalue weighted by Crippen LogP contribution is -2.16. The highest BCUT2D eigenvalue weighted by Crippen LogP contribution is 2.31. The Morgan fingerprint density at radius 3 is 2.33 bits per heavy atom. The molecule has 72 valence electrons. The largest absolute Gasteiger partial charge is 0.302 e. The Balaban J connectivity index is 2.42. The highest BCUT2D eigenvalue weighted by atomic mass is 32.3. The normalized spacial score (nSPS) is 22.8. The molecule has 0 saturated heterocycles. The van der Waals surface area contributed by atoms with E-state index in [2.05, 4.69) is 0 Å². The van der Waals surface area contributed by atoms with Crippen molar-refractivity contribution >= 4 is 10.2 Å². The summed E-state index contributed by atoms with van der Waals surface area (Å²) >= 11 is 0.